The summed E-state index contributed by atoms with van der Waals surface area (Å²) < 4.78 is 0. The third-order valence-electron chi connectivity index (χ3n) is 6.65. The van der Waals surface area contributed by atoms with E-state index in [1.807, 2.05) is 115 Å². The number of hydrogen-bond donors (Lipinski definition) is 4. The molecule has 226 valence electrons. The van der Waals surface area contributed by atoms with Crippen LogP contribution in [0.25, 0.3) is 21.8 Å². The molecule has 0 spiro atoms. The second-order valence-electron chi connectivity index (χ2n) is 9.84. The van der Waals surface area contributed by atoms with Gasteiger partial charge in [0.25, 0.3) is 0 Å². The standard InChI is InChI=1S/C18H18N2O.C10H7NO.C8H11NO.CH4/c21-18(15-6-2-1-3-7-15)13-19-11-14-10-16-8-4-5-9-17(16)20-12-14;12-7-8-5-9-3-1-2-4-10(9)11-6-8;9-6-8(10)7-4-2-1-3-5-7;/h1-10,12,18-19,21H,11,13H2;1-7H;1-5,8,10H,6,9H2;1H4/t18-;;8-;/m1.1./s1. The SMILES string of the molecule is C.NC[C@@H](O)c1ccccc1.O=Cc1cnc2ccccc2c1.O[C@H](CNCc1cnc2ccccc2c1)c1ccccc1. The first-order valence-electron chi connectivity index (χ1n) is 14.1. The predicted octanol–water partition coefficient (Wildman–Crippen LogP) is 6.42. The number of carbonyl (C=O) groups is 1. The van der Waals surface area contributed by atoms with Crippen molar-refractivity contribution in [3.8, 4) is 0 Å². The zero-order chi connectivity index (χ0) is 30.3. The Bertz CT molecular complexity index is 1700. The number of para-hydroxylation sites is 2. The molecular weight excluding hydrogens is 548 g/mol. The lowest BCUT2D eigenvalue weighted by Crippen LogP contribution is -2.21. The molecule has 6 rings (SSSR count). The Hall–Kier alpha value is -4.79. The molecule has 44 heavy (non-hydrogen) atoms. The Labute approximate surface area is 259 Å². The quantitative estimate of drug-likeness (QED) is 0.151. The van der Waals surface area contributed by atoms with Crippen LogP contribution in [0.3, 0.4) is 0 Å². The van der Waals surface area contributed by atoms with E-state index in [1.165, 1.54) is 0 Å². The minimum atomic E-state index is -0.513. The van der Waals surface area contributed by atoms with Gasteiger partial charge in [-0.2, -0.15) is 0 Å². The summed E-state index contributed by atoms with van der Waals surface area (Å²) in [7, 11) is 0. The number of hydrogen-bond acceptors (Lipinski definition) is 7. The molecule has 0 fully saturated rings. The van der Waals surface area contributed by atoms with Crippen molar-refractivity contribution in [1.82, 2.24) is 15.3 Å². The molecule has 0 amide bonds. The van der Waals surface area contributed by atoms with Crippen molar-refractivity contribution in [2.45, 2.75) is 26.2 Å². The molecule has 2 atom stereocenters. The van der Waals surface area contributed by atoms with E-state index in [4.69, 9.17) is 5.73 Å². The fraction of sp³-hybridized carbons (Fsp3) is 0.162. The van der Waals surface area contributed by atoms with Crippen LogP contribution in [0.1, 0.15) is 46.7 Å². The van der Waals surface area contributed by atoms with Gasteiger partial charge in [-0.05, 0) is 41.0 Å². The van der Waals surface area contributed by atoms with E-state index >= 15 is 0 Å². The van der Waals surface area contributed by atoms with Gasteiger partial charge in [-0.1, -0.05) is 104 Å². The smallest absolute Gasteiger partial charge is 0.151 e. The number of aromatic nitrogens is 2. The average molecular weight is 589 g/mol. The number of fused-ring (bicyclic) bond motifs is 2. The van der Waals surface area contributed by atoms with Gasteiger partial charge >= 0.3 is 0 Å². The van der Waals surface area contributed by atoms with Crippen molar-refractivity contribution in [3.05, 3.63) is 156 Å². The maximum Gasteiger partial charge on any atom is 0.151 e. The van der Waals surface area contributed by atoms with Crippen LogP contribution in [0.2, 0.25) is 0 Å². The highest BCUT2D eigenvalue weighted by Crippen LogP contribution is 2.14. The number of aldehydes is 1. The minimum absolute atomic E-state index is 0. The van der Waals surface area contributed by atoms with Crippen LogP contribution in [-0.2, 0) is 6.54 Å². The van der Waals surface area contributed by atoms with E-state index in [-0.39, 0.29) is 14.0 Å². The molecule has 7 heteroatoms. The minimum Gasteiger partial charge on any atom is -0.387 e. The maximum atomic E-state index is 10.4. The van der Waals surface area contributed by atoms with E-state index in [1.54, 1.807) is 6.20 Å². The molecule has 0 bridgehead atoms. The zero-order valence-corrected chi connectivity index (χ0v) is 23.8. The molecule has 2 aromatic heterocycles. The summed E-state index contributed by atoms with van der Waals surface area (Å²) in [5, 5.41) is 24.7. The topological polar surface area (TPSA) is 121 Å². The molecule has 4 aromatic carbocycles. The second kappa shape index (κ2) is 18.0. The van der Waals surface area contributed by atoms with Gasteiger partial charge in [-0.25, -0.2) is 0 Å². The normalized spacial score (nSPS) is 11.6. The van der Waals surface area contributed by atoms with Gasteiger partial charge in [0.2, 0.25) is 0 Å². The van der Waals surface area contributed by atoms with Crippen molar-refractivity contribution >= 4 is 28.1 Å². The highest BCUT2D eigenvalue weighted by atomic mass is 16.3. The largest absolute Gasteiger partial charge is 0.387 e. The lowest BCUT2D eigenvalue weighted by molar-refractivity contribution is 0.112. The molecule has 0 radical (unpaired) electrons. The molecular formula is C37H40N4O3. The van der Waals surface area contributed by atoms with Crippen LogP contribution in [0, 0.1) is 0 Å². The number of nitrogens with one attached hydrogen (secondary N) is 1. The number of aliphatic hydroxyl groups is 2. The number of pyridine rings is 2. The van der Waals surface area contributed by atoms with E-state index in [2.05, 4.69) is 27.4 Å². The van der Waals surface area contributed by atoms with Gasteiger partial charge in [0.15, 0.2) is 6.29 Å². The summed E-state index contributed by atoms with van der Waals surface area (Å²) in [6.07, 6.45) is 3.26. The zero-order valence-electron chi connectivity index (χ0n) is 23.8. The van der Waals surface area contributed by atoms with Crippen molar-refractivity contribution in [1.29, 1.82) is 0 Å². The first-order valence-corrected chi connectivity index (χ1v) is 14.1. The Morgan fingerprint density at radius 3 is 1.75 bits per heavy atom. The lowest BCUT2D eigenvalue weighted by atomic mass is 10.1. The predicted molar refractivity (Wildman–Crippen MR) is 179 cm³/mol. The molecule has 0 aliphatic rings. The first kappa shape index (κ1) is 33.7. The van der Waals surface area contributed by atoms with Crippen LogP contribution in [0.5, 0.6) is 0 Å². The van der Waals surface area contributed by atoms with Gasteiger partial charge < -0.3 is 21.3 Å². The molecule has 2 heterocycles. The van der Waals surface area contributed by atoms with E-state index < -0.39 is 12.2 Å². The van der Waals surface area contributed by atoms with Gasteiger partial charge in [0.05, 0.1) is 23.2 Å². The fourth-order valence-corrected chi connectivity index (χ4v) is 4.32. The molecule has 0 saturated carbocycles. The summed E-state index contributed by atoms with van der Waals surface area (Å²) in [5.74, 6) is 0. The van der Waals surface area contributed by atoms with Gasteiger partial charge in [0, 0.05) is 48.4 Å². The monoisotopic (exact) mass is 588 g/mol. The molecule has 0 unspecified atom stereocenters. The Morgan fingerprint density at radius 2 is 1.18 bits per heavy atom. The number of rotatable bonds is 8. The number of nitrogens with zero attached hydrogens (tertiary/aromatic N) is 2. The van der Waals surface area contributed by atoms with Gasteiger partial charge in [0.1, 0.15) is 0 Å². The summed E-state index contributed by atoms with van der Waals surface area (Å²) in [6, 6.07) is 38.8. The Kier molecular flexibility index (Phi) is 13.8. The maximum absolute atomic E-state index is 10.4. The van der Waals surface area contributed by atoms with E-state index in [9.17, 15) is 15.0 Å². The van der Waals surface area contributed by atoms with Gasteiger partial charge in [-0.15, -0.1) is 0 Å². The Morgan fingerprint density at radius 1 is 0.682 bits per heavy atom. The average Bonchev–Trinajstić information content (AvgIpc) is 3.09. The van der Waals surface area contributed by atoms with E-state index in [0.717, 1.165) is 44.8 Å². The second-order valence-corrected chi connectivity index (χ2v) is 9.84. The van der Waals surface area contributed by atoms with Crippen LogP contribution in [-0.4, -0.2) is 39.6 Å². The molecule has 5 N–H and O–H groups in total. The highest BCUT2D eigenvalue weighted by molar-refractivity contribution is 5.85. The van der Waals surface area contributed by atoms with Crippen LogP contribution in [0.15, 0.2) is 134 Å². The number of nitrogens with two attached hydrogens (primary N) is 1. The highest BCUT2D eigenvalue weighted by Gasteiger charge is 2.06. The number of benzene rings is 4. The number of aliphatic hydroxyl groups excluding tert-OH is 2. The third-order valence-corrected chi connectivity index (χ3v) is 6.65. The van der Waals surface area contributed by atoms with Crippen molar-refractivity contribution in [2.24, 2.45) is 5.73 Å². The lowest BCUT2D eigenvalue weighted by Gasteiger charge is -2.12. The molecule has 0 aliphatic carbocycles. The summed E-state index contributed by atoms with van der Waals surface area (Å²) in [4.78, 5) is 19.0. The van der Waals surface area contributed by atoms with Crippen LogP contribution < -0.4 is 11.1 Å². The molecule has 6 aromatic rings. The van der Waals surface area contributed by atoms with Crippen molar-refractivity contribution < 1.29 is 15.0 Å². The molecule has 0 aliphatic heterocycles. The van der Waals surface area contributed by atoms with Crippen molar-refractivity contribution in [2.75, 3.05) is 13.1 Å². The third kappa shape index (κ3) is 10.2. The van der Waals surface area contributed by atoms with Crippen LogP contribution in [0.4, 0.5) is 0 Å². The molecule has 0 saturated heterocycles. The van der Waals surface area contributed by atoms with Gasteiger partial charge in [-0.3, -0.25) is 14.8 Å². The fourth-order valence-electron chi connectivity index (χ4n) is 4.32. The first-order chi connectivity index (χ1) is 21.1. The van der Waals surface area contributed by atoms with Crippen LogP contribution >= 0.6 is 0 Å². The number of carbonyl (C=O) groups excluding carboxylic acids is 1. The van der Waals surface area contributed by atoms with Crippen molar-refractivity contribution in [3.63, 3.8) is 0 Å². The Balaban J connectivity index is 0.000000196. The summed E-state index contributed by atoms with van der Waals surface area (Å²) in [6.45, 7) is 1.50. The summed E-state index contributed by atoms with van der Waals surface area (Å²) in [5.41, 5.74) is 10.7. The van der Waals surface area contributed by atoms with E-state index in [0.29, 0.717) is 18.7 Å². The summed E-state index contributed by atoms with van der Waals surface area (Å²) >= 11 is 0. The molecule has 7 nitrogen and oxygen atoms in total.